The average Bonchev–Trinajstić information content (AvgIpc) is 2.24. The Balaban J connectivity index is 2.11. The third-order valence-corrected chi connectivity index (χ3v) is 3.36. The Hall–Kier alpha value is -1.15. The van der Waals surface area contributed by atoms with Crippen LogP contribution in [0.5, 0.6) is 0 Å². The van der Waals surface area contributed by atoms with Crippen molar-refractivity contribution in [3.05, 3.63) is 34.9 Å². The molecule has 2 nitrogen and oxygen atoms in total. The first-order valence-corrected chi connectivity index (χ1v) is 5.96. The standard InChI is InChI=1S/C14H19NO/c1-11-5-3-6-12(2)14(11)10-15-8-4-7-13(16)9-15/h3,5-6H,4,7-10H2,1-2H3. The summed E-state index contributed by atoms with van der Waals surface area (Å²) in [5.41, 5.74) is 4.05. The van der Waals surface area contributed by atoms with E-state index in [0.717, 1.165) is 25.9 Å². The molecule has 1 aliphatic rings. The molecule has 1 saturated heterocycles. The zero-order chi connectivity index (χ0) is 11.5. The number of hydrogen-bond acceptors (Lipinski definition) is 2. The third-order valence-electron chi connectivity index (χ3n) is 3.36. The lowest BCUT2D eigenvalue weighted by Crippen LogP contribution is -2.35. The molecule has 1 fully saturated rings. The maximum atomic E-state index is 11.4. The van der Waals surface area contributed by atoms with Crippen LogP contribution in [0.15, 0.2) is 18.2 Å². The number of piperidine rings is 1. The van der Waals surface area contributed by atoms with Crippen LogP contribution in [0.1, 0.15) is 29.5 Å². The van der Waals surface area contributed by atoms with Gasteiger partial charge in [0.2, 0.25) is 0 Å². The SMILES string of the molecule is Cc1cccc(C)c1CN1CCCC(=O)C1. The lowest BCUT2D eigenvalue weighted by atomic mass is 10.0. The summed E-state index contributed by atoms with van der Waals surface area (Å²) in [6.07, 6.45) is 1.78. The highest BCUT2D eigenvalue weighted by Gasteiger charge is 2.17. The van der Waals surface area contributed by atoms with E-state index in [1.165, 1.54) is 16.7 Å². The summed E-state index contributed by atoms with van der Waals surface area (Å²) in [7, 11) is 0. The van der Waals surface area contributed by atoms with Crippen molar-refractivity contribution in [1.82, 2.24) is 4.90 Å². The molecular formula is C14H19NO. The highest BCUT2D eigenvalue weighted by Crippen LogP contribution is 2.17. The molecule has 0 amide bonds. The van der Waals surface area contributed by atoms with Gasteiger partial charge in [-0.25, -0.2) is 0 Å². The fourth-order valence-electron chi connectivity index (χ4n) is 2.36. The molecule has 0 atom stereocenters. The van der Waals surface area contributed by atoms with E-state index < -0.39 is 0 Å². The Bertz CT molecular complexity index is 377. The summed E-state index contributed by atoms with van der Waals surface area (Å²) in [6, 6.07) is 6.39. The maximum absolute atomic E-state index is 11.4. The van der Waals surface area contributed by atoms with Gasteiger partial charge in [-0.05, 0) is 43.5 Å². The number of carbonyl (C=O) groups excluding carboxylic acids is 1. The van der Waals surface area contributed by atoms with Crippen LogP contribution in [0.25, 0.3) is 0 Å². The number of aryl methyl sites for hydroxylation is 2. The van der Waals surface area contributed by atoms with Crippen molar-refractivity contribution in [2.75, 3.05) is 13.1 Å². The van der Waals surface area contributed by atoms with Gasteiger partial charge in [-0.15, -0.1) is 0 Å². The fraction of sp³-hybridized carbons (Fsp3) is 0.500. The second kappa shape index (κ2) is 4.79. The zero-order valence-electron chi connectivity index (χ0n) is 10.1. The van der Waals surface area contributed by atoms with E-state index >= 15 is 0 Å². The van der Waals surface area contributed by atoms with Gasteiger partial charge in [0.1, 0.15) is 5.78 Å². The molecular weight excluding hydrogens is 198 g/mol. The van der Waals surface area contributed by atoms with Crippen LogP contribution in [0.4, 0.5) is 0 Å². The van der Waals surface area contributed by atoms with Crippen molar-refractivity contribution in [3.8, 4) is 0 Å². The number of ketones is 1. The second-order valence-electron chi connectivity index (χ2n) is 4.72. The highest BCUT2D eigenvalue weighted by molar-refractivity contribution is 5.81. The molecule has 0 radical (unpaired) electrons. The minimum Gasteiger partial charge on any atom is -0.298 e. The maximum Gasteiger partial charge on any atom is 0.146 e. The van der Waals surface area contributed by atoms with Crippen LogP contribution in [0.2, 0.25) is 0 Å². The van der Waals surface area contributed by atoms with Crippen LogP contribution in [0, 0.1) is 13.8 Å². The van der Waals surface area contributed by atoms with E-state index in [-0.39, 0.29) is 0 Å². The van der Waals surface area contributed by atoms with Crippen molar-refractivity contribution in [2.45, 2.75) is 33.2 Å². The summed E-state index contributed by atoms with van der Waals surface area (Å²) in [6.45, 7) is 6.90. The summed E-state index contributed by atoms with van der Waals surface area (Å²) < 4.78 is 0. The number of Topliss-reactive ketones (excluding diaryl/α,β-unsaturated/α-hetero) is 1. The van der Waals surface area contributed by atoms with Gasteiger partial charge >= 0.3 is 0 Å². The van der Waals surface area contributed by atoms with Gasteiger partial charge in [0, 0.05) is 13.0 Å². The molecule has 0 bridgehead atoms. The summed E-state index contributed by atoms with van der Waals surface area (Å²) in [5.74, 6) is 0.387. The van der Waals surface area contributed by atoms with Crippen molar-refractivity contribution in [3.63, 3.8) is 0 Å². The van der Waals surface area contributed by atoms with Gasteiger partial charge in [-0.3, -0.25) is 9.69 Å². The third kappa shape index (κ3) is 2.50. The van der Waals surface area contributed by atoms with Crippen LogP contribution in [-0.2, 0) is 11.3 Å². The van der Waals surface area contributed by atoms with E-state index in [2.05, 4.69) is 36.9 Å². The molecule has 1 heterocycles. The number of likely N-dealkylation sites (tertiary alicyclic amines) is 1. The molecule has 0 saturated carbocycles. The largest absolute Gasteiger partial charge is 0.298 e. The van der Waals surface area contributed by atoms with Crippen LogP contribution in [0.3, 0.4) is 0 Å². The van der Waals surface area contributed by atoms with Crippen LogP contribution >= 0.6 is 0 Å². The van der Waals surface area contributed by atoms with Gasteiger partial charge in [0.05, 0.1) is 6.54 Å². The van der Waals surface area contributed by atoms with Gasteiger partial charge in [0.25, 0.3) is 0 Å². The van der Waals surface area contributed by atoms with Gasteiger partial charge in [-0.2, -0.15) is 0 Å². The smallest absolute Gasteiger partial charge is 0.146 e. The van der Waals surface area contributed by atoms with Crippen molar-refractivity contribution in [1.29, 1.82) is 0 Å². The van der Waals surface area contributed by atoms with Crippen molar-refractivity contribution in [2.24, 2.45) is 0 Å². The molecule has 2 rings (SSSR count). The lowest BCUT2D eigenvalue weighted by Gasteiger charge is -2.26. The summed E-state index contributed by atoms with van der Waals surface area (Å²) in [4.78, 5) is 13.7. The Labute approximate surface area is 97.3 Å². The summed E-state index contributed by atoms with van der Waals surface area (Å²) in [5, 5.41) is 0. The summed E-state index contributed by atoms with van der Waals surface area (Å²) >= 11 is 0. The molecule has 16 heavy (non-hydrogen) atoms. The van der Waals surface area contributed by atoms with Gasteiger partial charge in [0.15, 0.2) is 0 Å². The monoisotopic (exact) mass is 217 g/mol. The molecule has 0 unspecified atom stereocenters. The molecule has 0 spiro atoms. The minimum absolute atomic E-state index is 0.387. The van der Waals surface area contributed by atoms with Crippen LogP contribution in [-0.4, -0.2) is 23.8 Å². The minimum atomic E-state index is 0.387. The highest BCUT2D eigenvalue weighted by atomic mass is 16.1. The molecule has 1 aromatic carbocycles. The molecule has 0 aliphatic carbocycles. The zero-order valence-corrected chi connectivity index (χ0v) is 10.1. The van der Waals surface area contributed by atoms with E-state index in [9.17, 15) is 4.79 Å². The van der Waals surface area contributed by atoms with E-state index in [1.54, 1.807) is 0 Å². The number of carbonyl (C=O) groups is 1. The number of benzene rings is 1. The molecule has 86 valence electrons. The van der Waals surface area contributed by atoms with E-state index in [1.807, 2.05) is 0 Å². The first kappa shape index (κ1) is 11.3. The molecule has 0 aromatic heterocycles. The van der Waals surface area contributed by atoms with Gasteiger partial charge in [-0.1, -0.05) is 18.2 Å². The van der Waals surface area contributed by atoms with Crippen molar-refractivity contribution >= 4 is 5.78 Å². The average molecular weight is 217 g/mol. The fourth-order valence-corrected chi connectivity index (χ4v) is 2.36. The van der Waals surface area contributed by atoms with E-state index in [0.29, 0.717) is 12.3 Å². The number of rotatable bonds is 2. The molecule has 1 aromatic rings. The Kier molecular flexibility index (Phi) is 3.39. The van der Waals surface area contributed by atoms with Gasteiger partial charge < -0.3 is 0 Å². The van der Waals surface area contributed by atoms with Crippen molar-refractivity contribution < 1.29 is 4.79 Å². The first-order chi connectivity index (χ1) is 7.66. The Morgan fingerprint density at radius 1 is 1.25 bits per heavy atom. The quantitative estimate of drug-likeness (QED) is 0.758. The normalized spacial score (nSPS) is 17.8. The molecule has 0 N–H and O–H groups in total. The predicted octanol–water partition coefficient (Wildman–Crippen LogP) is 2.47. The van der Waals surface area contributed by atoms with Crippen LogP contribution < -0.4 is 0 Å². The molecule has 2 heteroatoms. The topological polar surface area (TPSA) is 20.3 Å². The predicted molar refractivity (Wildman–Crippen MR) is 65.4 cm³/mol. The Morgan fingerprint density at radius 2 is 1.94 bits per heavy atom. The molecule has 1 aliphatic heterocycles. The second-order valence-corrected chi connectivity index (χ2v) is 4.72. The Morgan fingerprint density at radius 3 is 2.56 bits per heavy atom. The number of hydrogen-bond donors (Lipinski definition) is 0. The number of nitrogens with zero attached hydrogens (tertiary/aromatic N) is 1. The lowest BCUT2D eigenvalue weighted by molar-refractivity contribution is -0.122. The first-order valence-electron chi connectivity index (χ1n) is 5.96. The van der Waals surface area contributed by atoms with E-state index in [4.69, 9.17) is 0 Å².